The lowest BCUT2D eigenvalue weighted by Crippen LogP contribution is -2.97. The molecule has 0 heterocycles. The highest BCUT2D eigenvalue weighted by atomic mass is 13.4. The van der Waals surface area contributed by atoms with E-state index in [1.807, 2.05) is 0 Å². The van der Waals surface area contributed by atoms with Crippen LogP contribution in [0.15, 0.2) is 0 Å². The van der Waals surface area contributed by atoms with Crippen molar-refractivity contribution in [2.45, 2.75) is 0 Å². The van der Waals surface area contributed by atoms with Crippen LogP contribution in [0.1, 0.15) is 0 Å². The lowest BCUT2D eigenvalue weighted by Gasteiger charge is -2.59. The summed E-state index contributed by atoms with van der Waals surface area (Å²) in [6.07, 6.45) is -43.6. The van der Waals surface area contributed by atoms with Gasteiger partial charge in [-0.1, -0.05) is 0 Å². The SMILES string of the molecule is [B][B]B([B])B(B([B])[B])B(B(B([B])[B])B([B])[B])B(B(B(B([B])[B])B([B])[B])B(B([B])[B])B([B])[B])B(B(B(B([B])[B])B([B])[B])B(B([B])[B])B([B])[B])B(B(B([B])[B])B([B])[B])B(B([B])[B])B([B])[B]. The van der Waals surface area contributed by atoms with E-state index >= 15 is 0 Å². The molecule has 0 bridgehead atoms. The molecule has 0 rings (SSSR count). The zero-order chi connectivity index (χ0) is 50.0. The Balaban J connectivity index is 11.0. The molecule has 0 nitrogen and oxygen atoms in total. The monoisotopic (exact) mass is 694 g/mol. The van der Waals surface area contributed by atoms with Crippen molar-refractivity contribution in [2.75, 3.05) is 0 Å². The smallest absolute Gasteiger partial charge is 0 e. The van der Waals surface area contributed by atoms with E-state index in [4.69, 9.17) is 248 Å². The van der Waals surface area contributed by atoms with Gasteiger partial charge in [-0.3, -0.25) is 0 Å². The molecule has 0 amide bonds. The van der Waals surface area contributed by atoms with Crippen LogP contribution in [0.5, 0.6) is 0 Å². The van der Waals surface area contributed by atoms with E-state index in [1.54, 1.807) is 0 Å². The summed E-state index contributed by atoms with van der Waals surface area (Å²) >= 11 is 0. The summed E-state index contributed by atoms with van der Waals surface area (Å²) in [5.41, 5.74) is 0. The summed E-state index contributed by atoms with van der Waals surface area (Å²) in [6.45, 7) is 0. The topological polar surface area (TPSA) is 0 Å². The summed E-state index contributed by atoms with van der Waals surface area (Å²) in [5.74, 6) is 0. The summed E-state index contributed by atoms with van der Waals surface area (Å²) in [6, 6.07) is 0. The van der Waals surface area contributed by atoms with E-state index in [2.05, 4.69) is 0 Å². The van der Waals surface area contributed by atoms with Crippen LogP contribution in [0, 0.1) is 0 Å². The average molecular weight is 681 g/mol. The summed E-state index contributed by atoms with van der Waals surface area (Å²) in [4.78, 5) is 0. The highest BCUT2D eigenvalue weighted by molar-refractivity contribution is 8.38. The predicted octanol–water partition coefficient (Wildman–Crippen LogP) is -24.0. The molecule has 0 aromatic carbocycles. The minimum atomic E-state index is -1.56. The third-order valence-corrected chi connectivity index (χ3v) is 13.1. The van der Waals surface area contributed by atoms with Crippen molar-refractivity contribution in [3.8, 4) is 0 Å². The van der Waals surface area contributed by atoms with Gasteiger partial charge < -0.3 is 0 Å². The number of rotatable bonds is 30. The van der Waals surface area contributed by atoms with E-state index in [0.717, 1.165) is 7.06 Å². The van der Waals surface area contributed by atoms with Gasteiger partial charge in [-0.15, -0.1) is 0 Å². The molecule has 0 aromatic heterocycles. The predicted molar refractivity (Wildman–Crippen MR) is 363 cm³/mol. The van der Waals surface area contributed by atoms with E-state index < -0.39 is 192 Å². The Kier molecular flexibility index (Phi) is 33.0. The Morgan fingerprint density at radius 1 is 0.143 bits per heavy atom. The van der Waals surface area contributed by atoms with Gasteiger partial charge in [0, 0.05) is 446 Å². The first kappa shape index (κ1) is 67.1. The average Bonchev–Trinajstić information content (AvgIpc) is 3.07. The molecule has 0 unspecified atom stereocenters. The van der Waals surface area contributed by atoms with Crippen LogP contribution < -0.4 is 0 Å². The molecule has 189 valence electrons. The minimum absolute atomic E-state index is 1.09. The Morgan fingerprint density at radius 2 is 0.238 bits per heavy atom. The lowest BCUT2D eigenvalue weighted by atomic mass is 8.22. The van der Waals surface area contributed by atoms with Gasteiger partial charge in [0.15, 0.2) is 0 Å². The largest absolute Gasteiger partial charge is 0 e. The molecule has 0 aliphatic rings. The van der Waals surface area contributed by atoms with Crippen LogP contribution in [0.25, 0.3) is 0 Å². The van der Waals surface area contributed by atoms with Gasteiger partial charge in [0.2, 0.25) is 0 Å². The van der Waals surface area contributed by atoms with Crippen LogP contribution in [0.4, 0.5) is 0 Å². The van der Waals surface area contributed by atoms with Gasteiger partial charge in [-0.05, 0) is 0 Å². The second-order valence-electron chi connectivity index (χ2n) is 17.5. The van der Waals surface area contributed by atoms with Gasteiger partial charge >= 0.3 is 0 Å². The zero-order valence-electron chi connectivity index (χ0n) is 36.4. The lowest BCUT2D eigenvalue weighted by molar-refractivity contribution is 3.16. The summed E-state index contributed by atoms with van der Waals surface area (Å²) in [7, 11) is 214. The third kappa shape index (κ3) is 18.2. The van der Waals surface area contributed by atoms with Crippen molar-refractivity contribution < 1.29 is 0 Å². The van der Waals surface area contributed by atoms with Crippen LogP contribution in [0.2, 0.25) is 0 Å². The molecule has 63 heavy (non-hydrogen) atoms. The maximum absolute atomic E-state index is 6.84. The van der Waals surface area contributed by atoms with Crippen molar-refractivity contribution in [2.24, 2.45) is 0 Å². The fourth-order valence-corrected chi connectivity index (χ4v) is 10.9. The van der Waals surface area contributed by atoms with Crippen molar-refractivity contribution in [1.82, 2.24) is 0 Å². The third-order valence-electron chi connectivity index (χ3n) is 13.1. The van der Waals surface area contributed by atoms with Crippen molar-refractivity contribution >= 4 is 446 Å². The van der Waals surface area contributed by atoms with E-state index in [9.17, 15) is 0 Å². The van der Waals surface area contributed by atoms with Gasteiger partial charge in [0.1, 0.15) is 0 Å². The first-order valence-corrected chi connectivity index (χ1v) is 20.7. The standard InChI is InChI=1S/B63/c1-33-49(32)57(48(30)31)61(56(46(26)27)47(28)29)63(60(54(42(18)19)43(20)21)55(44(22)23)45(24)25)62(58(50(34(2)3)35(4)5)51(36(6)7)37(8)9)59(52(38(10)11)39(12)13)53(40(14)15)41(16)17. The maximum Gasteiger partial charge on any atom is 0 e. The molecule has 0 atom stereocenters. The summed E-state index contributed by atoms with van der Waals surface area (Å²) in [5, 5.41) is 0. The molecule has 0 spiro atoms. The highest BCUT2D eigenvalue weighted by Crippen LogP contribution is 2.25. The fraction of sp³-hybridized carbons (Fsp3) is 0. The quantitative estimate of drug-likeness (QED) is 0.0663. The van der Waals surface area contributed by atoms with Crippen molar-refractivity contribution in [1.29, 1.82) is 0 Å². The molecule has 0 aliphatic heterocycles. The zero-order valence-corrected chi connectivity index (χ0v) is 36.4. The van der Waals surface area contributed by atoms with Crippen LogP contribution in [-0.4, -0.2) is 446 Å². The number of hydrogen-bond acceptors (Lipinski definition) is 0. The van der Waals surface area contributed by atoms with Gasteiger partial charge in [-0.2, -0.15) is 0 Å². The highest BCUT2D eigenvalue weighted by Gasteiger charge is 2.63. The summed E-state index contributed by atoms with van der Waals surface area (Å²) < 4.78 is 0. The van der Waals surface area contributed by atoms with E-state index in [-0.39, 0.29) is 0 Å². The molecular weight excluding hydrogens is 681 g/mol. The van der Waals surface area contributed by atoms with Crippen LogP contribution >= 0.6 is 0 Å². The van der Waals surface area contributed by atoms with Gasteiger partial charge in [-0.25, -0.2) is 0 Å². The number of hydrogen-bond donors (Lipinski definition) is 0. The molecule has 65 radical (unpaired) electrons. The van der Waals surface area contributed by atoms with Crippen molar-refractivity contribution in [3.05, 3.63) is 0 Å². The molecule has 0 saturated heterocycles. The second kappa shape index (κ2) is 31.0. The van der Waals surface area contributed by atoms with Crippen molar-refractivity contribution in [3.63, 3.8) is 0 Å². The molecule has 0 aromatic rings. The van der Waals surface area contributed by atoms with E-state index in [1.165, 1.54) is 0 Å². The normalized spacial score (nSPS) is 9.71. The Hall–Kier alpha value is 4.09. The Labute approximate surface area is 442 Å². The van der Waals surface area contributed by atoms with Crippen LogP contribution in [-0.2, 0) is 0 Å². The molecule has 0 fully saturated rings. The molecule has 0 aliphatic carbocycles. The Morgan fingerprint density at radius 3 is 0.333 bits per heavy atom. The Bertz CT molecular complexity index is 994. The second-order valence-corrected chi connectivity index (χ2v) is 17.5. The maximum atomic E-state index is 6.84. The van der Waals surface area contributed by atoms with Gasteiger partial charge in [0.05, 0.1) is 0 Å². The van der Waals surface area contributed by atoms with Gasteiger partial charge in [0.25, 0.3) is 0 Å². The minimum Gasteiger partial charge on any atom is 0 e. The molecule has 63 heteroatoms. The molecule has 0 saturated carbocycles. The fourth-order valence-electron chi connectivity index (χ4n) is 10.9. The first-order valence-electron chi connectivity index (χ1n) is 20.7. The first-order chi connectivity index (χ1) is 28.7. The van der Waals surface area contributed by atoms with E-state index in [0.29, 0.717) is 0 Å². The molecule has 0 N–H and O–H groups in total. The van der Waals surface area contributed by atoms with Crippen LogP contribution in [0.3, 0.4) is 0 Å². The molecular formula is B63.